The van der Waals surface area contributed by atoms with Crippen LogP contribution in [-0.4, -0.2) is 64.4 Å². The Kier molecular flexibility index (Phi) is 8.02. The minimum Gasteiger partial charge on any atom is -0.437 e. The van der Waals surface area contributed by atoms with E-state index in [4.69, 9.17) is 19.5 Å². The van der Waals surface area contributed by atoms with Gasteiger partial charge >= 0.3 is 0 Å². The SMILES string of the molecule is CNC(=O)c1c(-c2ccc(C)cc2)oc2nc(N(CCCC3(C(=O)C=N)CCOCC3)S(C)(=O)=O)c(C3CC3)cc12. The first-order valence-electron chi connectivity index (χ1n) is 13.9. The molecule has 0 radical (unpaired) electrons. The lowest BCUT2D eigenvalue weighted by Crippen LogP contribution is -2.39. The molecule has 1 amide bonds. The lowest BCUT2D eigenvalue weighted by Gasteiger charge is -2.35. The van der Waals surface area contributed by atoms with Crippen molar-refractivity contribution in [3.63, 3.8) is 0 Å². The molecule has 0 spiro atoms. The summed E-state index contributed by atoms with van der Waals surface area (Å²) in [4.78, 5) is 30.5. The van der Waals surface area contributed by atoms with Crippen molar-refractivity contribution in [1.82, 2.24) is 10.3 Å². The van der Waals surface area contributed by atoms with Crippen molar-refractivity contribution < 1.29 is 27.2 Å². The van der Waals surface area contributed by atoms with Crippen LogP contribution in [0.1, 0.15) is 65.9 Å². The van der Waals surface area contributed by atoms with Crippen LogP contribution < -0.4 is 9.62 Å². The zero-order valence-corrected chi connectivity index (χ0v) is 24.5. The number of fused-ring (bicyclic) bond motifs is 1. The van der Waals surface area contributed by atoms with E-state index in [9.17, 15) is 18.0 Å². The average Bonchev–Trinajstić information content (AvgIpc) is 3.74. The lowest BCUT2D eigenvalue weighted by atomic mass is 9.73. The molecule has 2 aromatic heterocycles. The highest BCUT2D eigenvalue weighted by atomic mass is 32.2. The van der Waals surface area contributed by atoms with Crippen LogP contribution in [0.5, 0.6) is 0 Å². The molecule has 2 fully saturated rings. The summed E-state index contributed by atoms with van der Waals surface area (Å²) in [5.41, 5.74) is 2.39. The van der Waals surface area contributed by atoms with Crippen molar-refractivity contribution in [2.75, 3.05) is 37.4 Å². The Bertz CT molecular complexity index is 1590. The fraction of sp³-hybridized carbons (Fsp3) is 0.467. The summed E-state index contributed by atoms with van der Waals surface area (Å²) in [6.45, 7) is 2.98. The van der Waals surface area contributed by atoms with Crippen LogP contribution in [0, 0.1) is 17.7 Å². The zero-order valence-electron chi connectivity index (χ0n) is 23.7. The number of ether oxygens (including phenoxy) is 1. The molecular weight excluding hydrogens is 544 g/mol. The molecular formula is C30H36N4O6S. The van der Waals surface area contributed by atoms with Crippen LogP contribution in [-0.2, 0) is 19.6 Å². The second-order valence-corrected chi connectivity index (χ2v) is 13.0. The van der Waals surface area contributed by atoms with Gasteiger partial charge in [-0.3, -0.25) is 13.9 Å². The number of carbonyl (C=O) groups is 2. The molecule has 2 aliphatic rings. The molecule has 41 heavy (non-hydrogen) atoms. The Morgan fingerprint density at radius 3 is 2.46 bits per heavy atom. The number of pyridine rings is 1. The van der Waals surface area contributed by atoms with Gasteiger partial charge in [-0.2, -0.15) is 4.98 Å². The maximum atomic E-state index is 13.2. The molecule has 0 bridgehead atoms. The number of anilines is 1. The summed E-state index contributed by atoms with van der Waals surface area (Å²) < 4.78 is 39.3. The van der Waals surface area contributed by atoms with Crippen molar-refractivity contribution in [2.24, 2.45) is 5.41 Å². The number of rotatable bonds is 11. The number of benzene rings is 1. The second-order valence-electron chi connectivity index (χ2n) is 11.1. The molecule has 11 heteroatoms. The molecule has 1 aliphatic carbocycles. The highest BCUT2D eigenvalue weighted by molar-refractivity contribution is 7.92. The predicted octanol–water partition coefficient (Wildman–Crippen LogP) is 4.60. The van der Waals surface area contributed by atoms with Crippen molar-refractivity contribution in [1.29, 1.82) is 5.41 Å². The van der Waals surface area contributed by atoms with E-state index in [1.165, 1.54) is 4.31 Å². The molecule has 1 aromatic carbocycles. The molecule has 5 rings (SSSR count). The summed E-state index contributed by atoms with van der Waals surface area (Å²) in [5, 5.41) is 10.8. The number of hydrogen-bond donors (Lipinski definition) is 2. The van der Waals surface area contributed by atoms with Crippen LogP contribution in [0.25, 0.3) is 22.4 Å². The van der Waals surface area contributed by atoms with Gasteiger partial charge in [-0.1, -0.05) is 29.8 Å². The maximum Gasteiger partial charge on any atom is 0.255 e. The number of furan rings is 1. The van der Waals surface area contributed by atoms with Crippen molar-refractivity contribution in [2.45, 2.75) is 51.4 Å². The smallest absolute Gasteiger partial charge is 0.255 e. The molecule has 3 aromatic rings. The molecule has 0 unspecified atom stereocenters. The lowest BCUT2D eigenvalue weighted by molar-refractivity contribution is -0.127. The van der Waals surface area contributed by atoms with Crippen LogP contribution >= 0.6 is 0 Å². The molecule has 0 atom stereocenters. The quantitative estimate of drug-likeness (QED) is 0.316. The molecule has 3 heterocycles. The van der Waals surface area contributed by atoms with Crippen LogP contribution in [0.4, 0.5) is 5.82 Å². The number of carbonyl (C=O) groups excluding carboxylic acids is 2. The Hall–Kier alpha value is -3.57. The third-order valence-electron chi connectivity index (χ3n) is 8.23. The van der Waals surface area contributed by atoms with E-state index in [2.05, 4.69) is 5.32 Å². The second kappa shape index (κ2) is 11.4. The van der Waals surface area contributed by atoms with Crippen LogP contribution in [0.3, 0.4) is 0 Å². The van der Waals surface area contributed by atoms with Crippen molar-refractivity contribution in [3.05, 3.63) is 47.0 Å². The normalized spacial score (nSPS) is 16.9. The van der Waals surface area contributed by atoms with E-state index in [1.807, 2.05) is 37.3 Å². The summed E-state index contributed by atoms with van der Waals surface area (Å²) >= 11 is 0. The fourth-order valence-corrected chi connectivity index (χ4v) is 6.63. The number of aryl methyl sites for hydroxylation is 1. The standard InChI is InChI=1S/C30H36N4O6S/c1-19-5-7-21(8-6-19)26-25(28(36)32-2)23-17-22(20-9-10-20)27(33-29(23)40-26)34(41(3,37)38)14-4-11-30(24(35)18-31)12-15-39-16-13-30/h5-8,17-18,20,31H,4,9-16H2,1-3H3,(H,32,36). The number of amides is 1. The first kappa shape index (κ1) is 28.9. The summed E-state index contributed by atoms with van der Waals surface area (Å²) in [7, 11) is -2.19. The third kappa shape index (κ3) is 5.78. The molecule has 1 saturated heterocycles. The van der Waals surface area contributed by atoms with Gasteiger partial charge in [0.15, 0.2) is 5.78 Å². The van der Waals surface area contributed by atoms with E-state index in [0.717, 1.165) is 42.0 Å². The first-order chi connectivity index (χ1) is 19.6. The van der Waals surface area contributed by atoms with E-state index < -0.39 is 15.4 Å². The highest BCUT2D eigenvalue weighted by Crippen LogP contribution is 2.47. The number of nitrogens with zero attached hydrogens (tertiary/aromatic N) is 2. The van der Waals surface area contributed by atoms with Gasteiger partial charge in [0.25, 0.3) is 5.91 Å². The number of sulfonamides is 1. The Morgan fingerprint density at radius 2 is 1.88 bits per heavy atom. The highest BCUT2D eigenvalue weighted by Gasteiger charge is 2.39. The fourth-order valence-electron chi connectivity index (χ4n) is 5.71. The number of aromatic nitrogens is 1. The molecule has 1 saturated carbocycles. The minimum absolute atomic E-state index is 0.124. The Morgan fingerprint density at radius 1 is 1.20 bits per heavy atom. The number of hydrogen-bond acceptors (Lipinski definition) is 8. The summed E-state index contributed by atoms with van der Waals surface area (Å²) in [6.07, 6.45) is 5.68. The van der Waals surface area contributed by atoms with Gasteiger partial charge in [0.1, 0.15) is 11.6 Å². The largest absolute Gasteiger partial charge is 0.437 e. The number of nitrogens with one attached hydrogen (secondary N) is 2. The van der Waals surface area contributed by atoms with Gasteiger partial charge < -0.3 is 19.9 Å². The topological polar surface area (TPSA) is 143 Å². The van der Waals surface area contributed by atoms with Crippen LogP contribution in [0.15, 0.2) is 34.7 Å². The predicted molar refractivity (Wildman–Crippen MR) is 157 cm³/mol. The average molecular weight is 581 g/mol. The zero-order chi connectivity index (χ0) is 29.4. The van der Waals surface area contributed by atoms with Gasteiger partial charge in [-0.25, -0.2) is 8.42 Å². The maximum absolute atomic E-state index is 13.2. The number of Topliss-reactive ketones (excluding diaryl/α,β-unsaturated/α-hetero) is 1. The van der Waals surface area contributed by atoms with Gasteiger partial charge in [0.2, 0.25) is 15.7 Å². The molecule has 2 N–H and O–H groups in total. The Labute approximate surface area is 240 Å². The molecule has 1 aliphatic heterocycles. The number of ketones is 1. The van der Waals surface area contributed by atoms with Gasteiger partial charge in [-0.05, 0) is 63.0 Å². The monoisotopic (exact) mass is 580 g/mol. The summed E-state index contributed by atoms with van der Waals surface area (Å²) in [5.74, 6) is 0.250. The van der Waals surface area contributed by atoms with E-state index in [0.29, 0.717) is 61.4 Å². The van der Waals surface area contributed by atoms with Crippen molar-refractivity contribution >= 4 is 44.8 Å². The first-order valence-corrected chi connectivity index (χ1v) is 15.8. The van der Waals surface area contributed by atoms with E-state index in [-0.39, 0.29) is 29.9 Å². The van der Waals surface area contributed by atoms with Gasteiger partial charge in [0, 0.05) is 37.8 Å². The Balaban J connectivity index is 1.56. The van der Waals surface area contributed by atoms with Crippen molar-refractivity contribution in [3.8, 4) is 11.3 Å². The molecule has 10 nitrogen and oxygen atoms in total. The van der Waals surface area contributed by atoms with Gasteiger partial charge in [0.05, 0.1) is 23.4 Å². The van der Waals surface area contributed by atoms with E-state index >= 15 is 0 Å². The van der Waals surface area contributed by atoms with Gasteiger partial charge in [-0.15, -0.1) is 0 Å². The third-order valence-corrected chi connectivity index (χ3v) is 9.39. The van der Waals surface area contributed by atoms with E-state index in [1.54, 1.807) is 7.05 Å². The van der Waals surface area contributed by atoms with Crippen LogP contribution in [0.2, 0.25) is 0 Å². The summed E-state index contributed by atoms with van der Waals surface area (Å²) in [6, 6.07) is 9.49. The minimum atomic E-state index is -3.75. The molecule has 218 valence electrons.